The molecule has 1 fully saturated rings. The van der Waals surface area contributed by atoms with Crippen LogP contribution in [0.2, 0.25) is 0 Å². The van der Waals surface area contributed by atoms with Gasteiger partial charge in [-0.25, -0.2) is 0 Å². The molecular formula is C12H14O. The Kier molecular flexibility index (Phi) is 2.46. The molecule has 0 spiro atoms. The Labute approximate surface area is 79.0 Å². The van der Waals surface area contributed by atoms with Crippen LogP contribution in [0.1, 0.15) is 18.4 Å². The summed E-state index contributed by atoms with van der Waals surface area (Å²) >= 11 is 0. The number of benzene rings is 1. The molecule has 0 N–H and O–H groups in total. The minimum Gasteiger partial charge on any atom is -0.374 e. The van der Waals surface area contributed by atoms with E-state index in [1.165, 1.54) is 5.56 Å². The zero-order chi connectivity index (χ0) is 9.10. The monoisotopic (exact) mass is 174 g/mol. The van der Waals surface area contributed by atoms with Gasteiger partial charge in [0.15, 0.2) is 0 Å². The van der Waals surface area contributed by atoms with Crippen LogP contribution in [0.5, 0.6) is 0 Å². The van der Waals surface area contributed by atoms with Gasteiger partial charge in [0, 0.05) is 6.61 Å². The topological polar surface area (TPSA) is 9.23 Å². The maximum atomic E-state index is 5.57. The van der Waals surface area contributed by atoms with Gasteiger partial charge in [0.2, 0.25) is 0 Å². The molecule has 0 amide bonds. The van der Waals surface area contributed by atoms with Crippen molar-refractivity contribution in [3.63, 3.8) is 0 Å². The summed E-state index contributed by atoms with van der Waals surface area (Å²) in [7, 11) is 0. The van der Waals surface area contributed by atoms with Gasteiger partial charge in [-0.05, 0) is 24.0 Å². The molecule has 0 aliphatic carbocycles. The van der Waals surface area contributed by atoms with Crippen molar-refractivity contribution in [3.05, 3.63) is 42.5 Å². The van der Waals surface area contributed by atoms with Crippen molar-refractivity contribution in [2.45, 2.75) is 18.9 Å². The Morgan fingerprint density at radius 3 is 2.69 bits per heavy atom. The predicted octanol–water partition coefficient (Wildman–Crippen LogP) is 2.88. The third-order valence-electron chi connectivity index (χ3n) is 2.46. The molecule has 1 atom stereocenters. The second kappa shape index (κ2) is 3.75. The summed E-state index contributed by atoms with van der Waals surface area (Å²) in [6.45, 7) is 4.97. The Hall–Kier alpha value is -1.08. The lowest BCUT2D eigenvalue weighted by molar-refractivity contribution is 0.152. The fraction of sp³-hybridized carbons (Fsp3) is 0.333. The molecule has 1 unspecified atom stereocenters. The van der Waals surface area contributed by atoms with Crippen molar-refractivity contribution in [2.75, 3.05) is 6.61 Å². The largest absolute Gasteiger partial charge is 0.374 e. The van der Waals surface area contributed by atoms with Gasteiger partial charge in [-0.15, -0.1) is 0 Å². The molecule has 0 radical (unpaired) electrons. The molecular weight excluding hydrogens is 160 g/mol. The number of hydrogen-bond donors (Lipinski definition) is 0. The van der Waals surface area contributed by atoms with Gasteiger partial charge in [-0.3, -0.25) is 0 Å². The van der Waals surface area contributed by atoms with Crippen molar-refractivity contribution >= 4 is 5.57 Å². The minimum absolute atomic E-state index is 0.252. The molecule has 1 heteroatoms. The Morgan fingerprint density at radius 2 is 2.08 bits per heavy atom. The van der Waals surface area contributed by atoms with Crippen LogP contribution in [0.4, 0.5) is 0 Å². The standard InChI is InChI=1S/C12H14O/c1-10(12-8-5-9-13-12)11-6-3-2-4-7-11/h2-4,6-7,12H,1,5,8-9H2. The summed E-state index contributed by atoms with van der Waals surface area (Å²) in [6, 6.07) is 10.3. The molecule has 1 saturated heterocycles. The highest BCUT2D eigenvalue weighted by molar-refractivity contribution is 5.66. The molecule has 0 aromatic heterocycles. The molecule has 0 saturated carbocycles. The van der Waals surface area contributed by atoms with Crippen molar-refractivity contribution in [2.24, 2.45) is 0 Å². The van der Waals surface area contributed by atoms with Crippen molar-refractivity contribution in [3.8, 4) is 0 Å². The SMILES string of the molecule is C=C(c1ccccc1)C1CCCO1. The molecule has 1 aromatic carbocycles. The molecule has 1 heterocycles. The van der Waals surface area contributed by atoms with E-state index in [4.69, 9.17) is 4.74 Å². The lowest BCUT2D eigenvalue weighted by Crippen LogP contribution is -2.06. The van der Waals surface area contributed by atoms with Crippen LogP contribution >= 0.6 is 0 Å². The number of ether oxygens (including phenoxy) is 1. The van der Waals surface area contributed by atoms with E-state index in [9.17, 15) is 0 Å². The van der Waals surface area contributed by atoms with Crippen LogP contribution < -0.4 is 0 Å². The summed E-state index contributed by atoms with van der Waals surface area (Å²) < 4.78 is 5.57. The summed E-state index contributed by atoms with van der Waals surface area (Å²) in [5.74, 6) is 0. The summed E-state index contributed by atoms with van der Waals surface area (Å²) in [5.41, 5.74) is 2.33. The summed E-state index contributed by atoms with van der Waals surface area (Å²) in [6.07, 6.45) is 2.53. The van der Waals surface area contributed by atoms with Crippen LogP contribution in [0.15, 0.2) is 36.9 Å². The highest BCUT2D eigenvalue weighted by Gasteiger charge is 2.19. The fourth-order valence-corrected chi connectivity index (χ4v) is 1.69. The van der Waals surface area contributed by atoms with Gasteiger partial charge in [0.05, 0.1) is 6.10 Å². The Morgan fingerprint density at radius 1 is 1.31 bits per heavy atom. The molecule has 1 aliphatic heterocycles. The molecule has 0 bridgehead atoms. The average Bonchev–Trinajstić information content (AvgIpc) is 2.71. The molecule has 13 heavy (non-hydrogen) atoms. The van der Waals surface area contributed by atoms with E-state index in [-0.39, 0.29) is 6.10 Å². The van der Waals surface area contributed by atoms with Gasteiger partial charge < -0.3 is 4.74 Å². The number of hydrogen-bond acceptors (Lipinski definition) is 1. The van der Waals surface area contributed by atoms with Crippen molar-refractivity contribution in [1.29, 1.82) is 0 Å². The highest BCUT2D eigenvalue weighted by atomic mass is 16.5. The normalized spacial score (nSPS) is 21.7. The summed E-state index contributed by atoms with van der Waals surface area (Å²) in [4.78, 5) is 0. The van der Waals surface area contributed by atoms with Gasteiger partial charge >= 0.3 is 0 Å². The van der Waals surface area contributed by atoms with E-state index >= 15 is 0 Å². The van der Waals surface area contributed by atoms with Crippen LogP contribution in [0, 0.1) is 0 Å². The lowest BCUT2D eigenvalue weighted by atomic mass is 10.0. The van der Waals surface area contributed by atoms with Crippen LogP contribution in [0.3, 0.4) is 0 Å². The van der Waals surface area contributed by atoms with E-state index in [0.717, 1.165) is 25.0 Å². The highest BCUT2D eigenvalue weighted by Crippen LogP contribution is 2.25. The van der Waals surface area contributed by atoms with E-state index in [1.807, 2.05) is 18.2 Å². The second-order valence-electron chi connectivity index (χ2n) is 3.39. The van der Waals surface area contributed by atoms with Crippen molar-refractivity contribution < 1.29 is 4.74 Å². The first-order valence-electron chi connectivity index (χ1n) is 4.74. The van der Waals surface area contributed by atoms with E-state index in [1.54, 1.807) is 0 Å². The quantitative estimate of drug-likeness (QED) is 0.670. The Bertz CT molecular complexity index is 283. The van der Waals surface area contributed by atoms with Gasteiger partial charge in [-0.1, -0.05) is 36.9 Å². The molecule has 1 aliphatic rings. The third kappa shape index (κ3) is 1.81. The van der Waals surface area contributed by atoms with Gasteiger partial charge in [0.1, 0.15) is 0 Å². The van der Waals surface area contributed by atoms with Crippen LogP contribution in [-0.4, -0.2) is 12.7 Å². The molecule has 1 nitrogen and oxygen atoms in total. The number of rotatable bonds is 2. The third-order valence-corrected chi connectivity index (χ3v) is 2.46. The maximum absolute atomic E-state index is 5.57. The lowest BCUT2D eigenvalue weighted by Gasteiger charge is -2.12. The van der Waals surface area contributed by atoms with Crippen LogP contribution in [0.25, 0.3) is 5.57 Å². The molecule has 68 valence electrons. The van der Waals surface area contributed by atoms with Gasteiger partial charge in [-0.2, -0.15) is 0 Å². The van der Waals surface area contributed by atoms with E-state index < -0.39 is 0 Å². The Balaban J connectivity index is 2.13. The van der Waals surface area contributed by atoms with Crippen LogP contribution in [-0.2, 0) is 4.74 Å². The maximum Gasteiger partial charge on any atom is 0.0825 e. The minimum atomic E-state index is 0.252. The molecule has 1 aromatic rings. The van der Waals surface area contributed by atoms with E-state index in [2.05, 4.69) is 18.7 Å². The van der Waals surface area contributed by atoms with Crippen molar-refractivity contribution in [1.82, 2.24) is 0 Å². The molecule has 2 rings (SSSR count). The smallest absolute Gasteiger partial charge is 0.0825 e. The predicted molar refractivity (Wildman–Crippen MR) is 54.5 cm³/mol. The first kappa shape index (κ1) is 8.52. The fourth-order valence-electron chi connectivity index (χ4n) is 1.69. The average molecular weight is 174 g/mol. The summed E-state index contributed by atoms with van der Waals surface area (Å²) in [5, 5.41) is 0. The van der Waals surface area contributed by atoms with Gasteiger partial charge in [0.25, 0.3) is 0 Å². The first-order chi connectivity index (χ1) is 6.38. The second-order valence-corrected chi connectivity index (χ2v) is 3.39. The first-order valence-corrected chi connectivity index (χ1v) is 4.74. The zero-order valence-electron chi connectivity index (χ0n) is 7.70. The van der Waals surface area contributed by atoms with E-state index in [0.29, 0.717) is 0 Å². The zero-order valence-corrected chi connectivity index (χ0v) is 7.70.